The molecule has 8 nitrogen and oxygen atoms in total. The second kappa shape index (κ2) is 8.22. The minimum absolute atomic E-state index is 0.0958. The van der Waals surface area contributed by atoms with Crippen molar-refractivity contribution in [2.24, 2.45) is 0 Å². The zero-order valence-corrected chi connectivity index (χ0v) is 16.2. The van der Waals surface area contributed by atoms with Crippen LogP contribution in [0.3, 0.4) is 0 Å². The molecule has 2 aromatic heterocycles. The second-order valence-electron chi connectivity index (χ2n) is 7.07. The van der Waals surface area contributed by atoms with Crippen molar-refractivity contribution < 1.29 is 9.59 Å². The Morgan fingerprint density at radius 3 is 2.55 bits per heavy atom. The van der Waals surface area contributed by atoms with E-state index in [-0.39, 0.29) is 17.7 Å². The average Bonchev–Trinajstić information content (AvgIpc) is 3.29. The second-order valence-corrected chi connectivity index (χ2v) is 7.07. The van der Waals surface area contributed by atoms with E-state index in [1.165, 1.54) is 12.4 Å². The Morgan fingerprint density at radius 2 is 1.86 bits per heavy atom. The van der Waals surface area contributed by atoms with Gasteiger partial charge in [-0.05, 0) is 31.0 Å². The van der Waals surface area contributed by atoms with Crippen LogP contribution in [0.1, 0.15) is 45.4 Å². The van der Waals surface area contributed by atoms with Crippen molar-refractivity contribution in [1.29, 1.82) is 0 Å². The Morgan fingerprint density at radius 1 is 1.10 bits per heavy atom. The summed E-state index contributed by atoms with van der Waals surface area (Å²) in [6, 6.07) is 11.3. The fraction of sp³-hybridized carbons (Fsp3) is 0.286. The summed E-state index contributed by atoms with van der Waals surface area (Å²) in [6.07, 6.45) is 6.17. The minimum atomic E-state index is -0.158. The molecule has 0 spiro atoms. The molecule has 1 aromatic carbocycles. The monoisotopic (exact) mass is 390 g/mol. The fourth-order valence-electron chi connectivity index (χ4n) is 3.56. The molecule has 1 fully saturated rings. The fourth-order valence-corrected chi connectivity index (χ4v) is 3.56. The number of H-pyrrole nitrogens is 1. The number of hydrogen-bond acceptors (Lipinski definition) is 5. The maximum atomic E-state index is 12.7. The molecule has 1 aliphatic rings. The maximum absolute atomic E-state index is 12.7. The quantitative estimate of drug-likeness (QED) is 0.738. The van der Waals surface area contributed by atoms with Gasteiger partial charge in [0, 0.05) is 49.8 Å². The van der Waals surface area contributed by atoms with Gasteiger partial charge in [0.05, 0.1) is 6.20 Å². The van der Waals surface area contributed by atoms with Crippen LogP contribution in [0.25, 0.3) is 0 Å². The van der Waals surface area contributed by atoms with Crippen molar-refractivity contribution in [1.82, 2.24) is 25.1 Å². The van der Waals surface area contributed by atoms with Crippen LogP contribution >= 0.6 is 0 Å². The Labute approximate surface area is 168 Å². The lowest BCUT2D eigenvalue weighted by Crippen LogP contribution is -2.38. The van der Waals surface area contributed by atoms with Crippen LogP contribution in [0, 0.1) is 0 Å². The number of aromatic nitrogens is 4. The van der Waals surface area contributed by atoms with E-state index in [2.05, 4.69) is 20.2 Å². The topological polar surface area (TPSA) is 95.1 Å². The van der Waals surface area contributed by atoms with E-state index in [1.807, 2.05) is 36.4 Å². The maximum Gasteiger partial charge on any atom is 0.278 e. The SMILES string of the molecule is CN(C(=O)c1cc(C2CCN(C(=O)c3cnccn3)CC2)[nH]n1)c1ccccc1. The van der Waals surface area contributed by atoms with Gasteiger partial charge < -0.3 is 9.80 Å². The van der Waals surface area contributed by atoms with Crippen molar-refractivity contribution in [2.45, 2.75) is 18.8 Å². The Bertz CT molecular complexity index is 981. The van der Waals surface area contributed by atoms with Gasteiger partial charge in [-0.3, -0.25) is 19.7 Å². The first-order valence-electron chi connectivity index (χ1n) is 9.57. The van der Waals surface area contributed by atoms with Gasteiger partial charge in [-0.25, -0.2) is 4.98 Å². The number of carbonyl (C=O) groups excluding carboxylic acids is 2. The number of aromatic amines is 1. The molecule has 0 unspecified atom stereocenters. The molecule has 2 amide bonds. The van der Waals surface area contributed by atoms with Crippen LogP contribution < -0.4 is 4.90 Å². The number of hydrogen-bond donors (Lipinski definition) is 1. The molecule has 0 atom stereocenters. The van der Waals surface area contributed by atoms with Gasteiger partial charge in [-0.2, -0.15) is 5.10 Å². The third kappa shape index (κ3) is 4.01. The zero-order valence-electron chi connectivity index (χ0n) is 16.2. The lowest BCUT2D eigenvalue weighted by Gasteiger charge is -2.31. The summed E-state index contributed by atoms with van der Waals surface area (Å²) in [6.45, 7) is 1.26. The number of carbonyl (C=O) groups is 2. The number of para-hydroxylation sites is 1. The Hall–Kier alpha value is -3.55. The number of likely N-dealkylation sites (tertiary alicyclic amines) is 1. The molecule has 3 aromatic rings. The first-order valence-corrected chi connectivity index (χ1v) is 9.57. The largest absolute Gasteiger partial charge is 0.337 e. The predicted octanol–water partition coefficient (Wildman–Crippen LogP) is 2.50. The molecular weight excluding hydrogens is 368 g/mol. The first kappa shape index (κ1) is 18.8. The Kier molecular flexibility index (Phi) is 5.33. The van der Waals surface area contributed by atoms with Crippen LogP contribution in [-0.4, -0.2) is 57.0 Å². The number of benzene rings is 1. The highest BCUT2D eigenvalue weighted by Crippen LogP contribution is 2.28. The van der Waals surface area contributed by atoms with E-state index < -0.39 is 0 Å². The van der Waals surface area contributed by atoms with E-state index in [0.29, 0.717) is 24.5 Å². The highest BCUT2D eigenvalue weighted by molar-refractivity contribution is 6.04. The summed E-state index contributed by atoms with van der Waals surface area (Å²) in [5, 5.41) is 7.24. The molecule has 0 saturated carbocycles. The van der Waals surface area contributed by atoms with Crippen LogP contribution in [0.15, 0.2) is 55.0 Å². The lowest BCUT2D eigenvalue weighted by molar-refractivity contribution is 0.0705. The number of piperidine rings is 1. The summed E-state index contributed by atoms with van der Waals surface area (Å²) in [5.41, 5.74) is 2.51. The normalized spacial score (nSPS) is 14.6. The standard InChI is InChI=1S/C21H22N6O2/c1-26(16-5-3-2-4-6-16)20(28)18-13-17(24-25-18)15-7-11-27(12-8-15)21(29)19-14-22-9-10-23-19/h2-6,9-10,13-15H,7-8,11-12H2,1H3,(H,24,25). The highest BCUT2D eigenvalue weighted by Gasteiger charge is 2.27. The van der Waals surface area contributed by atoms with Crippen LogP contribution in [-0.2, 0) is 0 Å². The highest BCUT2D eigenvalue weighted by atomic mass is 16.2. The van der Waals surface area contributed by atoms with Crippen molar-refractivity contribution >= 4 is 17.5 Å². The molecule has 1 N–H and O–H groups in total. The molecule has 8 heteroatoms. The van der Waals surface area contributed by atoms with Gasteiger partial charge in [0.2, 0.25) is 0 Å². The summed E-state index contributed by atoms with van der Waals surface area (Å²) < 4.78 is 0. The number of nitrogens with one attached hydrogen (secondary N) is 1. The number of amides is 2. The third-order valence-electron chi connectivity index (χ3n) is 5.27. The van der Waals surface area contributed by atoms with Crippen molar-refractivity contribution in [3.63, 3.8) is 0 Å². The van der Waals surface area contributed by atoms with E-state index in [4.69, 9.17) is 0 Å². The number of anilines is 1. The molecule has 1 aliphatic heterocycles. The van der Waals surface area contributed by atoms with Gasteiger partial charge in [0.15, 0.2) is 5.69 Å². The van der Waals surface area contributed by atoms with E-state index >= 15 is 0 Å². The van der Waals surface area contributed by atoms with Crippen molar-refractivity contribution in [3.8, 4) is 0 Å². The summed E-state index contributed by atoms with van der Waals surface area (Å²) in [7, 11) is 1.74. The average molecular weight is 390 g/mol. The van der Waals surface area contributed by atoms with Crippen molar-refractivity contribution in [2.75, 3.05) is 25.0 Å². The third-order valence-corrected chi connectivity index (χ3v) is 5.27. The lowest BCUT2D eigenvalue weighted by atomic mass is 9.93. The van der Waals surface area contributed by atoms with Gasteiger partial charge in [0.25, 0.3) is 11.8 Å². The van der Waals surface area contributed by atoms with Crippen LogP contribution in [0.2, 0.25) is 0 Å². The smallest absolute Gasteiger partial charge is 0.278 e. The molecule has 0 bridgehead atoms. The molecule has 29 heavy (non-hydrogen) atoms. The zero-order chi connectivity index (χ0) is 20.2. The molecule has 0 radical (unpaired) electrons. The molecular formula is C21H22N6O2. The minimum Gasteiger partial charge on any atom is -0.337 e. The molecule has 3 heterocycles. The van der Waals surface area contributed by atoms with Gasteiger partial charge in [-0.1, -0.05) is 18.2 Å². The van der Waals surface area contributed by atoms with Gasteiger partial charge >= 0.3 is 0 Å². The number of rotatable bonds is 4. The van der Waals surface area contributed by atoms with Gasteiger partial charge in [-0.15, -0.1) is 0 Å². The van der Waals surface area contributed by atoms with Crippen LogP contribution in [0.4, 0.5) is 5.69 Å². The Balaban J connectivity index is 1.38. The molecule has 0 aliphatic carbocycles. The van der Waals surface area contributed by atoms with Crippen LogP contribution in [0.5, 0.6) is 0 Å². The molecule has 1 saturated heterocycles. The van der Waals surface area contributed by atoms with Gasteiger partial charge in [0.1, 0.15) is 5.69 Å². The molecule has 148 valence electrons. The number of nitrogens with zero attached hydrogens (tertiary/aromatic N) is 5. The first-order chi connectivity index (χ1) is 14.1. The summed E-state index contributed by atoms with van der Waals surface area (Å²) >= 11 is 0. The van der Waals surface area contributed by atoms with E-state index in [1.54, 1.807) is 23.0 Å². The van der Waals surface area contributed by atoms with E-state index in [9.17, 15) is 9.59 Å². The summed E-state index contributed by atoms with van der Waals surface area (Å²) in [5.74, 6) is -0.0209. The predicted molar refractivity (Wildman–Crippen MR) is 108 cm³/mol. The molecule has 4 rings (SSSR count). The van der Waals surface area contributed by atoms with Crippen molar-refractivity contribution in [3.05, 3.63) is 72.1 Å². The van der Waals surface area contributed by atoms with E-state index in [0.717, 1.165) is 24.2 Å². The summed E-state index contributed by atoms with van der Waals surface area (Å²) in [4.78, 5) is 36.6.